The zero-order valence-electron chi connectivity index (χ0n) is 17.7. The molecule has 1 saturated heterocycles. The maximum Gasteiger partial charge on any atom is 0.170 e. The second kappa shape index (κ2) is 7.64. The van der Waals surface area contributed by atoms with Crippen molar-refractivity contribution in [3.63, 3.8) is 0 Å². The maximum atomic E-state index is 5.69. The number of pyridine rings is 1. The molecule has 4 rings (SSSR count). The minimum atomic E-state index is 0.0376. The predicted molar refractivity (Wildman–Crippen MR) is 123 cm³/mol. The number of thiocarbonyl (C=S) groups is 1. The van der Waals surface area contributed by atoms with Crippen LogP contribution < -0.4 is 5.32 Å². The summed E-state index contributed by atoms with van der Waals surface area (Å²) >= 11 is 5.69. The quantitative estimate of drug-likeness (QED) is 0.614. The molecule has 2 atom stereocenters. The largest absolute Gasteiger partial charge is 0.352 e. The summed E-state index contributed by atoms with van der Waals surface area (Å²) in [7, 11) is 0. The third-order valence-corrected chi connectivity index (χ3v) is 6.34. The number of hydrogen-bond acceptors (Lipinski definition) is 2. The SMILES string of the molecule is CCN1C(=S)N[C@H](c2ccccn2)[C@H]1c1cc(C)n(-c2c(C)cccc2C)c1C. The number of aromatic nitrogens is 2. The minimum Gasteiger partial charge on any atom is -0.352 e. The van der Waals surface area contributed by atoms with Crippen molar-refractivity contribution in [3.05, 3.63) is 82.4 Å². The van der Waals surface area contributed by atoms with Gasteiger partial charge in [-0.2, -0.15) is 0 Å². The molecule has 150 valence electrons. The zero-order chi connectivity index (χ0) is 20.7. The van der Waals surface area contributed by atoms with Crippen LogP contribution in [0.3, 0.4) is 0 Å². The van der Waals surface area contributed by atoms with Crippen LogP contribution in [0, 0.1) is 27.7 Å². The minimum absolute atomic E-state index is 0.0376. The lowest BCUT2D eigenvalue weighted by molar-refractivity contribution is 0.329. The molecule has 0 amide bonds. The smallest absolute Gasteiger partial charge is 0.170 e. The number of aryl methyl sites for hydroxylation is 3. The molecule has 2 aromatic heterocycles. The summed E-state index contributed by atoms with van der Waals surface area (Å²) in [5, 5.41) is 4.32. The van der Waals surface area contributed by atoms with E-state index in [1.165, 1.54) is 33.8 Å². The number of para-hydroxylation sites is 1. The second-order valence-electron chi connectivity index (χ2n) is 7.81. The summed E-state index contributed by atoms with van der Waals surface area (Å²) in [6, 6.07) is 15.0. The van der Waals surface area contributed by atoms with Gasteiger partial charge in [-0.25, -0.2) is 0 Å². The molecular weight excluding hydrogens is 376 g/mol. The van der Waals surface area contributed by atoms with Crippen LogP contribution in [-0.2, 0) is 0 Å². The Morgan fingerprint density at radius 2 is 1.76 bits per heavy atom. The third kappa shape index (κ3) is 3.23. The normalized spacial score (nSPS) is 18.9. The van der Waals surface area contributed by atoms with Crippen LogP contribution in [0.2, 0.25) is 0 Å². The average molecular weight is 405 g/mol. The molecule has 0 bridgehead atoms. The van der Waals surface area contributed by atoms with Crippen LogP contribution in [0.25, 0.3) is 5.69 Å². The van der Waals surface area contributed by atoms with E-state index >= 15 is 0 Å². The topological polar surface area (TPSA) is 33.1 Å². The Hall–Kier alpha value is -2.66. The Kier molecular flexibility index (Phi) is 5.17. The molecule has 29 heavy (non-hydrogen) atoms. The van der Waals surface area contributed by atoms with Crippen molar-refractivity contribution in [2.45, 2.75) is 46.7 Å². The van der Waals surface area contributed by atoms with Crippen LogP contribution in [0.4, 0.5) is 0 Å². The molecule has 0 unspecified atom stereocenters. The molecule has 0 saturated carbocycles. The van der Waals surface area contributed by atoms with E-state index in [0.29, 0.717) is 0 Å². The number of hydrogen-bond donors (Lipinski definition) is 1. The van der Waals surface area contributed by atoms with Gasteiger partial charge < -0.3 is 14.8 Å². The lowest BCUT2D eigenvalue weighted by atomic mass is 9.97. The Bertz CT molecular complexity index is 1030. The Balaban J connectivity index is 1.88. The summed E-state index contributed by atoms with van der Waals surface area (Å²) < 4.78 is 2.39. The highest BCUT2D eigenvalue weighted by atomic mass is 32.1. The van der Waals surface area contributed by atoms with E-state index in [2.05, 4.69) is 84.7 Å². The molecule has 5 heteroatoms. The molecule has 3 heterocycles. The molecule has 1 N–H and O–H groups in total. The fourth-order valence-electron chi connectivity index (χ4n) is 4.67. The van der Waals surface area contributed by atoms with Gasteiger partial charge in [-0.1, -0.05) is 24.3 Å². The standard InChI is InChI=1S/C24H28N4S/c1-6-27-23(21(26-24(27)29)20-12-7-8-13-25-20)19-14-17(4)28(18(19)5)22-15(2)10-9-11-16(22)3/h7-14,21,23H,6H2,1-5H3,(H,26,29)/t21-,23-/m1/s1. The fourth-order valence-corrected chi connectivity index (χ4v) is 5.04. The van der Waals surface area contributed by atoms with E-state index in [1.54, 1.807) is 0 Å². The molecule has 1 aliphatic heterocycles. The summed E-state index contributed by atoms with van der Waals surface area (Å²) in [6.45, 7) is 11.8. The molecule has 1 aliphatic rings. The first-order valence-electron chi connectivity index (χ1n) is 10.2. The van der Waals surface area contributed by atoms with Crippen LogP contribution >= 0.6 is 12.2 Å². The van der Waals surface area contributed by atoms with Gasteiger partial charge in [0.2, 0.25) is 0 Å². The van der Waals surface area contributed by atoms with E-state index in [0.717, 1.165) is 17.4 Å². The van der Waals surface area contributed by atoms with Gasteiger partial charge in [0.15, 0.2) is 5.11 Å². The molecule has 0 aliphatic carbocycles. The van der Waals surface area contributed by atoms with Gasteiger partial charge in [-0.15, -0.1) is 0 Å². The van der Waals surface area contributed by atoms with Gasteiger partial charge in [0.1, 0.15) is 0 Å². The number of nitrogens with one attached hydrogen (secondary N) is 1. The van der Waals surface area contributed by atoms with Crippen LogP contribution in [0.1, 0.15) is 52.8 Å². The highest BCUT2D eigenvalue weighted by Crippen LogP contribution is 2.41. The van der Waals surface area contributed by atoms with Crippen LogP contribution in [0.15, 0.2) is 48.7 Å². The summed E-state index contributed by atoms with van der Waals surface area (Å²) in [4.78, 5) is 6.91. The first-order chi connectivity index (χ1) is 13.9. The molecule has 0 radical (unpaired) electrons. The van der Waals surface area contributed by atoms with Gasteiger partial charge in [-0.05, 0) is 81.7 Å². The van der Waals surface area contributed by atoms with Crippen molar-refractivity contribution in [1.29, 1.82) is 0 Å². The molecule has 0 spiro atoms. The van der Waals surface area contributed by atoms with Gasteiger partial charge in [0.05, 0.1) is 23.5 Å². The van der Waals surface area contributed by atoms with Gasteiger partial charge in [-0.3, -0.25) is 4.98 Å². The van der Waals surface area contributed by atoms with Crippen LogP contribution in [-0.4, -0.2) is 26.1 Å². The fraction of sp³-hybridized carbons (Fsp3) is 0.333. The van der Waals surface area contributed by atoms with Crippen molar-refractivity contribution in [2.75, 3.05) is 6.54 Å². The molecule has 1 fully saturated rings. The highest BCUT2D eigenvalue weighted by molar-refractivity contribution is 7.80. The highest BCUT2D eigenvalue weighted by Gasteiger charge is 2.40. The Labute approximate surface area is 178 Å². The summed E-state index contributed by atoms with van der Waals surface area (Å²) in [5.41, 5.74) is 8.67. The zero-order valence-corrected chi connectivity index (χ0v) is 18.5. The van der Waals surface area contributed by atoms with E-state index in [9.17, 15) is 0 Å². The second-order valence-corrected chi connectivity index (χ2v) is 8.20. The van der Waals surface area contributed by atoms with E-state index in [1.807, 2.05) is 18.3 Å². The number of nitrogens with zero attached hydrogens (tertiary/aromatic N) is 3. The van der Waals surface area contributed by atoms with Crippen LogP contribution in [0.5, 0.6) is 0 Å². The Morgan fingerprint density at radius 1 is 1.03 bits per heavy atom. The van der Waals surface area contributed by atoms with E-state index in [4.69, 9.17) is 12.2 Å². The third-order valence-electron chi connectivity index (χ3n) is 5.99. The lowest BCUT2D eigenvalue weighted by Gasteiger charge is -2.27. The van der Waals surface area contributed by atoms with E-state index < -0.39 is 0 Å². The average Bonchev–Trinajstić information content (AvgIpc) is 3.19. The predicted octanol–water partition coefficient (Wildman–Crippen LogP) is 5.10. The van der Waals surface area contributed by atoms with Gasteiger partial charge >= 0.3 is 0 Å². The number of likely N-dealkylation sites (N-methyl/N-ethyl adjacent to an activating group) is 1. The maximum absolute atomic E-state index is 5.69. The molecular formula is C24H28N4S. The van der Waals surface area contributed by atoms with Crippen molar-refractivity contribution in [2.24, 2.45) is 0 Å². The van der Waals surface area contributed by atoms with Gasteiger partial charge in [0, 0.05) is 24.1 Å². The van der Waals surface area contributed by atoms with Crippen molar-refractivity contribution in [3.8, 4) is 5.69 Å². The molecule has 3 aromatic rings. The van der Waals surface area contributed by atoms with E-state index in [-0.39, 0.29) is 12.1 Å². The Morgan fingerprint density at radius 3 is 2.38 bits per heavy atom. The first-order valence-corrected chi connectivity index (χ1v) is 10.6. The van der Waals surface area contributed by atoms with Gasteiger partial charge in [0.25, 0.3) is 0 Å². The summed E-state index contributed by atoms with van der Waals surface area (Å²) in [5.74, 6) is 0. The molecule has 4 nitrogen and oxygen atoms in total. The molecule has 1 aromatic carbocycles. The van der Waals surface area contributed by atoms with Crippen molar-refractivity contribution < 1.29 is 0 Å². The first kappa shape index (κ1) is 19.6. The summed E-state index contributed by atoms with van der Waals surface area (Å²) in [6.07, 6.45) is 1.85. The number of benzene rings is 1. The monoisotopic (exact) mass is 404 g/mol. The van der Waals surface area contributed by atoms with Crippen molar-refractivity contribution >= 4 is 17.3 Å². The van der Waals surface area contributed by atoms with Crippen molar-refractivity contribution in [1.82, 2.24) is 19.8 Å². The number of rotatable bonds is 4. The lowest BCUT2D eigenvalue weighted by Crippen LogP contribution is -2.29.